The lowest BCUT2D eigenvalue weighted by Gasteiger charge is -2.12. The smallest absolute Gasteiger partial charge is 0.161 e. The number of benzene rings is 1. The number of aliphatic carboxylic acids is 1. The summed E-state index contributed by atoms with van der Waals surface area (Å²) in [5.74, 6) is 0.118. The van der Waals surface area contributed by atoms with Gasteiger partial charge in [0.25, 0.3) is 0 Å². The van der Waals surface area contributed by atoms with E-state index in [0.29, 0.717) is 17.9 Å². The van der Waals surface area contributed by atoms with Gasteiger partial charge in [0.1, 0.15) is 0 Å². The molecule has 1 rings (SSSR count). The van der Waals surface area contributed by atoms with Crippen molar-refractivity contribution in [1.29, 1.82) is 0 Å². The second-order valence-corrected chi connectivity index (χ2v) is 4.02. The summed E-state index contributed by atoms with van der Waals surface area (Å²) in [6, 6.07) is 3.51. The number of ether oxygens (including phenoxy) is 2. The molecule has 0 aliphatic carbocycles. The Morgan fingerprint density at radius 2 is 1.88 bits per heavy atom. The number of methoxy groups -OCH3 is 2. The zero-order valence-corrected chi connectivity index (χ0v) is 10.7. The van der Waals surface area contributed by atoms with Gasteiger partial charge in [0, 0.05) is 10.4 Å². The van der Waals surface area contributed by atoms with E-state index < -0.39 is 5.97 Å². The van der Waals surface area contributed by atoms with E-state index in [-0.39, 0.29) is 6.42 Å². The molecule has 0 amide bonds. The molecule has 0 N–H and O–H groups in total. The van der Waals surface area contributed by atoms with E-state index in [9.17, 15) is 9.90 Å². The average Bonchev–Trinajstić information content (AvgIpc) is 2.26. The first-order valence-electron chi connectivity index (χ1n) is 4.68. The van der Waals surface area contributed by atoms with Gasteiger partial charge in [0.15, 0.2) is 11.5 Å². The van der Waals surface area contributed by atoms with Crippen LogP contribution >= 0.6 is 15.9 Å². The van der Waals surface area contributed by atoms with Crippen LogP contribution in [-0.2, 0) is 11.2 Å². The van der Waals surface area contributed by atoms with Gasteiger partial charge in [-0.15, -0.1) is 0 Å². The number of carboxylic acid groups (broad SMARTS) is 1. The maximum atomic E-state index is 10.4. The Bertz CT molecular complexity index is 390. The van der Waals surface area contributed by atoms with Crippen LogP contribution in [0.4, 0.5) is 0 Å². The fourth-order valence-electron chi connectivity index (χ4n) is 1.32. The van der Waals surface area contributed by atoms with E-state index in [1.54, 1.807) is 19.2 Å². The highest BCUT2D eigenvalue weighted by molar-refractivity contribution is 9.10. The van der Waals surface area contributed by atoms with Crippen LogP contribution in [0.3, 0.4) is 0 Å². The van der Waals surface area contributed by atoms with Crippen molar-refractivity contribution in [2.24, 2.45) is 0 Å². The third-order valence-electron chi connectivity index (χ3n) is 2.15. The summed E-state index contributed by atoms with van der Waals surface area (Å²) in [4.78, 5) is 10.4. The Kier molecular flexibility index (Phi) is 4.61. The second kappa shape index (κ2) is 5.75. The van der Waals surface area contributed by atoms with Gasteiger partial charge in [0.05, 0.1) is 14.2 Å². The molecule has 4 nitrogen and oxygen atoms in total. The van der Waals surface area contributed by atoms with Crippen molar-refractivity contribution in [3.63, 3.8) is 0 Å². The van der Waals surface area contributed by atoms with E-state index >= 15 is 0 Å². The maximum absolute atomic E-state index is 10.4. The Morgan fingerprint density at radius 3 is 2.38 bits per heavy atom. The highest BCUT2D eigenvalue weighted by atomic mass is 79.9. The summed E-state index contributed by atoms with van der Waals surface area (Å²) >= 11 is 3.35. The lowest BCUT2D eigenvalue weighted by Crippen LogP contribution is -2.22. The highest BCUT2D eigenvalue weighted by Crippen LogP contribution is 2.33. The molecule has 0 aromatic heterocycles. The molecule has 0 aliphatic rings. The summed E-state index contributed by atoms with van der Waals surface area (Å²) in [6.07, 6.45) is 0.372. The van der Waals surface area contributed by atoms with Crippen LogP contribution in [0.15, 0.2) is 16.6 Å². The topological polar surface area (TPSA) is 58.6 Å². The minimum Gasteiger partial charge on any atom is -0.550 e. The molecule has 88 valence electrons. The molecule has 0 spiro atoms. The summed E-state index contributed by atoms with van der Waals surface area (Å²) in [5.41, 5.74) is 0.849. The van der Waals surface area contributed by atoms with Crippen LogP contribution in [0.2, 0.25) is 0 Å². The van der Waals surface area contributed by atoms with Crippen molar-refractivity contribution >= 4 is 21.9 Å². The third-order valence-corrected chi connectivity index (χ3v) is 2.89. The Balaban J connectivity index is 2.96. The van der Waals surface area contributed by atoms with Gasteiger partial charge in [-0.2, -0.15) is 0 Å². The molecule has 5 heteroatoms. The quantitative estimate of drug-likeness (QED) is 0.815. The van der Waals surface area contributed by atoms with Crippen LogP contribution in [0.1, 0.15) is 12.0 Å². The van der Waals surface area contributed by atoms with Crippen molar-refractivity contribution in [1.82, 2.24) is 0 Å². The molecular weight excluding hydrogens is 276 g/mol. The number of hydrogen-bond acceptors (Lipinski definition) is 4. The van der Waals surface area contributed by atoms with E-state index in [1.807, 2.05) is 0 Å². The summed E-state index contributed by atoms with van der Waals surface area (Å²) in [5, 5.41) is 10.4. The lowest BCUT2D eigenvalue weighted by atomic mass is 10.1. The first-order valence-corrected chi connectivity index (χ1v) is 5.48. The molecule has 0 radical (unpaired) electrons. The number of carbonyl (C=O) groups is 1. The summed E-state index contributed by atoms with van der Waals surface area (Å²) in [6.45, 7) is 0. The maximum Gasteiger partial charge on any atom is 0.161 e. The predicted molar refractivity (Wildman–Crippen MR) is 60.6 cm³/mol. The highest BCUT2D eigenvalue weighted by Gasteiger charge is 2.09. The van der Waals surface area contributed by atoms with Crippen LogP contribution in [0.25, 0.3) is 0 Å². The normalized spacial score (nSPS) is 9.94. The largest absolute Gasteiger partial charge is 0.550 e. The minimum atomic E-state index is -1.07. The predicted octanol–water partition coefficient (Wildman–Crippen LogP) is 1.15. The number of rotatable bonds is 5. The third kappa shape index (κ3) is 3.13. The molecule has 1 aromatic rings. The van der Waals surface area contributed by atoms with Gasteiger partial charge in [-0.25, -0.2) is 0 Å². The Morgan fingerprint density at radius 1 is 1.31 bits per heavy atom. The van der Waals surface area contributed by atoms with Gasteiger partial charge in [-0.3, -0.25) is 0 Å². The van der Waals surface area contributed by atoms with Crippen LogP contribution in [-0.4, -0.2) is 20.2 Å². The van der Waals surface area contributed by atoms with E-state index in [1.165, 1.54) is 7.11 Å². The molecule has 16 heavy (non-hydrogen) atoms. The van der Waals surface area contributed by atoms with Gasteiger partial charge in [-0.05, 0) is 30.5 Å². The molecule has 0 unspecified atom stereocenters. The van der Waals surface area contributed by atoms with E-state index in [4.69, 9.17) is 9.47 Å². The van der Waals surface area contributed by atoms with E-state index in [0.717, 1.165) is 10.0 Å². The molecule has 0 saturated heterocycles. The van der Waals surface area contributed by atoms with Gasteiger partial charge >= 0.3 is 0 Å². The zero-order chi connectivity index (χ0) is 12.1. The van der Waals surface area contributed by atoms with Gasteiger partial charge in [-0.1, -0.05) is 15.9 Å². The summed E-state index contributed by atoms with van der Waals surface area (Å²) in [7, 11) is 3.08. The SMILES string of the molecule is COc1cc(Br)c(CCC(=O)[O-])cc1OC. The Labute approximate surface area is 102 Å². The Hall–Kier alpha value is -1.23. The molecule has 0 saturated carbocycles. The van der Waals surface area contributed by atoms with Crippen LogP contribution < -0.4 is 14.6 Å². The molecule has 0 atom stereocenters. The van der Waals surface area contributed by atoms with Gasteiger partial charge in [0.2, 0.25) is 0 Å². The van der Waals surface area contributed by atoms with Crippen LogP contribution in [0, 0.1) is 0 Å². The van der Waals surface area contributed by atoms with Crippen molar-refractivity contribution in [2.75, 3.05) is 14.2 Å². The van der Waals surface area contributed by atoms with E-state index in [2.05, 4.69) is 15.9 Å². The number of carbonyl (C=O) groups excluding carboxylic acids is 1. The molecule has 0 fully saturated rings. The average molecular weight is 288 g/mol. The standard InChI is InChI=1S/C11H13BrO4/c1-15-9-5-7(3-4-11(13)14)8(12)6-10(9)16-2/h5-6H,3-4H2,1-2H3,(H,13,14)/p-1. The zero-order valence-electron chi connectivity index (χ0n) is 9.08. The van der Waals surface area contributed by atoms with Crippen molar-refractivity contribution in [2.45, 2.75) is 12.8 Å². The number of hydrogen-bond donors (Lipinski definition) is 0. The minimum absolute atomic E-state index is 0.0198. The fraction of sp³-hybridized carbons (Fsp3) is 0.364. The lowest BCUT2D eigenvalue weighted by molar-refractivity contribution is -0.305. The molecule has 1 aromatic carbocycles. The number of carboxylic acids is 1. The monoisotopic (exact) mass is 287 g/mol. The molecule has 0 bridgehead atoms. The molecule has 0 aliphatic heterocycles. The van der Waals surface area contributed by atoms with Crippen molar-refractivity contribution in [3.8, 4) is 11.5 Å². The van der Waals surface area contributed by atoms with Crippen LogP contribution in [0.5, 0.6) is 11.5 Å². The molecular formula is C11H12BrO4-. The number of aryl methyl sites for hydroxylation is 1. The first-order chi connectivity index (χ1) is 7.58. The van der Waals surface area contributed by atoms with Crippen molar-refractivity contribution < 1.29 is 19.4 Å². The van der Waals surface area contributed by atoms with Crippen molar-refractivity contribution in [3.05, 3.63) is 22.2 Å². The second-order valence-electron chi connectivity index (χ2n) is 3.17. The first kappa shape index (κ1) is 12.8. The summed E-state index contributed by atoms with van der Waals surface area (Å²) < 4.78 is 11.0. The number of halogens is 1. The van der Waals surface area contributed by atoms with Gasteiger partial charge < -0.3 is 19.4 Å². The fourth-order valence-corrected chi connectivity index (χ4v) is 1.85. The molecule has 0 heterocycles.